The van der Waals surface area contributed by atoms with Gasteiger partial charge in [0.2, 0.25) is 5.91 Å². The molecule has 0 radical (unpaired) electrons. The second-order valence-electron chi connectivity index (χ2n) is 4.34. The molecule has 1 aromatic carbocycles. The molecule has 0 saturated heterocycles. The van der Waals surface area contributed by atoms with Crippen LogP contribution in [-0.2, 0) is 4.79 Å². The lowest BCUT2D eigenvalue weighted by atomic mass is 10.0. The van der Waals surface area contributed by atoms with Crippen molar-refractivity contribution in [2.75, 3.05) is 0 Å². The third-order valence-electron chi connectivity index (χ3n) is 3.14. The smallest absolute Gasteiger partial charge is 0.244 e. The number of nitrogens with two attached hydrogens (primary N) is 1. The van der Waals surface area contributed by atoms with Crippen LogP contribution in [0, 0.1) is 5.92 Å². The number of amides is 1. The van der Waals surface area contributed by atoms with Crippen LogP contribution < -0.4 is 5.73 Å². The summed E-state index contributed by atoms with van der Waals surface area (Å²) < 4.78 is 2.05. The number of rotatable bonds is 4. The topological polar surface area (TPSA) is 43.1 Å². The van der Waals surface area contributed by atoms with Crippen molar-refractivity contribution in [2.45, 2.75) is 12.3 Å². The zero-order chi connectivity index (χ0) is 13.3. The zero-order valence-corrected chi connectivity index (χ0v) is 12.9. The van der Waals surface area contributed by atoms with E-state index in [1.807, 2.05) is 6.07 Å². The lowest BCUT2D eigenvalue weighted by Gasteiger charge is -2.04. The van der Waals surface area contributed by atoms with Gasteiger partial charge in [0.1, 0.15) is 0 Å². The van der Waals surface area contributed by atoms with Gasteiger partial charge >= 0.3 is 0 Å². The van der Waals surface area contributed by atoms with E-state index in [0.717, 1.165) is 15.4 Å². The lowest BCUT2D eigenvalue weighted by Crippen LogP contribution is -2.15. The average molecular weight is 371 g/mol. The van der Waals surface area contributed by atoms with E-state index in [-0.39, 0.29) is 11.8 Å². The lowest BCUT2D eigenvalue weighted by molar-refractivity contribution is -0.114. The normalized spacial score (nSPS) is 22.7. The van der Waals surface area contributed by atoms with Crippen LogP contribution in [0.3, 0.4) is 0 Å². The van der Waals surface area contributed by atoms with Crippen LogP contribution in [0.4, 0.5) is 0 Å². The summed E-state index contributed by atoms with van der Waals surface area (Å²) in [6.45, 7) is 3.62. The Morgan fingerprint density at radius 3 is 2.67 bits per heavy atom. The maximum absolute atomic E-state index is 11.4. The highest BCUT2D eigenvalue weighted by atomic mass is 79.9. The van der Waals surface area contributed by atoms with Crippen LogP contribution >= 0.6 is 31.9 Å². The number of carbonyl (C=O) groups is 1. The van der Waals surface area contributed by atoms with Crippen LogP contribution in [-0.4, -0.2) is 5.91 Å². The van der Waals surface area contributed by atoms with E-state index >= 15 is 0 Å². The minimum Gasteiger partial charge on any atom is -0.366 e. The second kappa shape index (κ2) is 5.41. The third kappa shape index (κ3) is 2.75. The maximum Gasteiger partial charge on any atom is 0.244 e. The predicted octanol–water partition coefficient (Wildman–Crippen LogP) is 3.91. The summed E-state index contributed by atoms with van der Waals surface area (Å²) in [7, 11) is 0. The van der Waals surface area contributed by atoms with Crippen molar-refractivity contribution in [3.63, 3.8) is 0 Å². The fourth-order valence-electron chi connectivity index (χ4n) is 2.17. The molecule has 1 aliphatic carbocycles. The summed E-state index contributed by atoms with van der Waals surface area (Å²) in [6.07, 6.45) is 4.31. The summed E-state index contributed by atoms with van der Waals surface area (Å²) >= 11 is 6.93. The Morgan fingerprint density at radius 1 is 1.39 bits per heavy atom. The zero-order valence-electron chi connectivity index (χ0n) is 9.70. The molecule has 2 atom stereocenters. The number of carbonyl (C=O) groups excluding carboxylic acids is 1. The van der Waals surface area contributed by atoms with E-state index in [4.69, 9.17) is 5.73 Å². The fourth-order valence-corrected chi connectivity index (χ4v) is 2.81. The molecule has 0 aliphatic heterocycles. The minimum atomic E-state index is -0.349. The highest BCUT2D eigenvalue weighted by Crippen LogP contribution is 2.52. The van der Waals surface area contributed by atoms with Crippen molar-refractivity contribution in [2.24, 2.45) is 11.7 Å². The number of primary amides is 1. The van der Waals surface area contributed by atoms with E-state index < -0.39 is 0 Å². The average Bonchev–Trinajstić information content (AvgIpc) is 3.09. The molecule has 2 N–H and O–H groups in total. The molecule has 4 heteroatoms. The quantitative estimate of drug-likeness (QED) is 0.633. The first-order valence-electron chi connectivity index (χ1n) is 5.62. The predicted molar refractivity (Wildman–Crippen MR) is 80.2 cm³/mol. The van der Waals surface area contributed by atoms with Crippen molar-refractivity contribution in [3.8, 4) is 0 Å². The Bertz CT molecular complexity index is 537. The summed E-state index contributed by atoms with van der Waals surface area (Å²) in [5.74, 6) is 0.264. The van der Waals surface area contributed by atoms with Gasteiger partial charge in [0.05, 0.1) is 0 Å². The number of benzene rings is 1. The van der Waals surface area contributed by atoms with Gasteiger partial charge in [-0.3, -0.25) is 4.79 Å². The standard InChI is InChI=1S/C14H13Br2NO/c1-2-3-9(14(17)18)11-7-10(11)8-4-5-12(15)13(16)6-8/h2-6,10-11H,1,7H2,(H2,17,18)/b9-3+. The van der Waals surface area contributed by atoms with Crippen LogP contribution in [0.5, 0.6) is 0 Å². The Hall–Kier alpha value is -0.870. The molecule has 1 amide bonds. The third-order valence-corrected chi connectivity index (χ3v) is 5.02. The van der Waals surface area contributed by atoms with Crippen molar-refractivity contribution in [1.82, 2.24) is 0 Å². The van der Waals surface area contributed by atoms with Gasteiger partial charge in [-0.15, -0.1) is 0 Å². The molecule has 0 bridgehead atoms. The van der Waals surface area contributed by atoms with Crippen molar-refractivity contribution in [3.05, 3.63) is 57.0 Å². The largest absolute Gasteiger partial charge is 0.366 e. The molecule has 0 spiro atoms. The number of hydrogen-bond donors (Lipinski definition) is 1. The van der Waals surface area contributed by atoms with E-state index in [2.05, 4.69) is 50.6 Å². The van der Waals surface area contributed by atoms with Crippen molar-refractivity contribution >= 4 is 37.8 Å². The number of hydrogen-bond acceptors (Lipinski definition) is 1. The highest BCUT2D eigenvalue weighted by molar-refractivity contribution is 9.13. The molecule has 2 rings (SSSR count). The molecule has 1 aromatic rings. The Balaban J connectivity index is 2.19. The monoisotopic (exact) mass is 369 g/mol. The van der Waals surface area contributed by atoms with Gasteiger partial charge in [-0.05, 0) is 67.8 Å². The number of halogens is 2. The molecular weight excluding hydrogens is 358 g/mol. The van der Waals surface area contributed by atoms with Gasteiger partial charge in [0.15, 0.2) is 0 Å². The molecule has 2 unspecified atom stereocenters. The summed E-state index contributed by atoms with van der Waals surface area (Å²) in [6, 6.07) is 6.17. The van der Waals surface area contributed by atoms with Crippen LogP contribution in [0.1, 0.15) is 17.9 Å². The Kier molecular flexibility index (Phi) is 4.07. The van der Waals surface area contributed by atoms with Crippen molar-refractivity contribution < 1.29 is 4.79 Å². The molecule has 94 valence electrons. The number of allylic oxidation sites excluding steroid dienone is 2. The molecule has 0 heterocycles. The van der Waals surface area contributed by atoms with Gasteiger partial charge in [0.25, 0.3) is 0 Å². The van der Waals surface area contributed by atoms with Gasteiger partial charge < -0.3 is 5.73 Å². The van der Waals surface area contributed by atoms with E-state index in [1.54, 1.807) is 12.2 Å². The van der Waals surface area contributed by atoms with Gasteiger partial charge in [-0.2, -0.15) is 0 Å². The molecule has 1 aliphatic rings. The molecular formula is C14H13Br2NO. The molecule has 0 aromatic heterocycles. The summed E-state index contributed by atoms with van der Waals surface area (Å²) in [4.78, 5) is 11.4. The fraction of sp³-hybridized carbons (Fsp3) is 0.214. The Morgan fingerprint density at radius 2 is 2.11 bits per heavy atom. The van der Waals surface area contributed by atoms with Gasteiger partial charge in [-0.1, -0.05) is 24.8 Å². The maximum atomic E-state index is 11.4. The Labute approximate surface area is 123 Å². The second-order valence-corrected chi connectivity index (χ2v) is 6.05. The van der Waals surface area contributed by atoms with E-state index in [0.29, 0.717) is 11.5 Å². The van der Waals surface area contributed by atoms with Crippen LogP contribution in [0.2, 0.25) is 0 Å². The first-order chi connectivity index (χ1) is 8.54. The van der Waals surface area contributed by atoms with Crippen LogP contribution in [0.25, 0.3) is 0 Å². The van der Waals surface area contributed by atoms with Crippen LogP contribution in [0.15, 0.2) is 51.4 Å². The molecule has 18 heavy (non-hydrogen) atoms. The summed E-state index contributed by atoms with van der Waals surface area (Å²) in [5.41, 5.74) is 7.29. The summed E-state index contributed by atoms with van der Waals surface area (Å²) in [5, 5.41) is 0. The minimum absolute atomic E-state index is 0.230. The van der Waals surface area contributed by atoms with Crippen molar-refractivity contribution in [1.29, 1.82) is 0 Å². The SMILES string of the molecule is C=C/C=C(/C(N)=O)C1CC1c1ccc(Br)c(Br)c1. The van der Waals surface area contributed by atoms with Gasteiger partial charge in [0, 0.05) is 14.5 Å². The van der Waals surface area contributed by atoms with E-state index in [1.165, 1.54) is 5.56 Å². The van der Waals surface area contributed by atoms with E-state index in [9.17, 15) is 4.79 Å². The van der Waals surface area contributed by atoms with Gasteiger partial charge in [-0.25, -0.2) is 0 Å². The molecule has 1 saturated carbocycles. The molecule has 2 nitrogen and oxygen atoms in total. The first kappa shape index (κ1) is 13.6. The first-order valence-corrected chi connectivity index (χ1v) is 7.20. The highest BCUT2D eigenvalue weighted by Gasteiger charge is 2.42. The molecule has 1 fully saturated rings.